The summed E-state index contributed by atoms with van der Waals surface area (Å²) in [6.07, 6.45) is -4.52. The molecular formula is C21H25F3N2O6S. The molecule has 1 heterocycles. The Morgan fingerprint density at radius 1 is 1.09 bits per heavy atom. The fraction of sp³-hybridized carbons (Fsp3) is 0.429. The highest BCUT2D eigenvalue weighted by Gasteiger charge is 2.44. The fourth-order valence-electron chi connectivity index (χ4n) is 3.70. The average Bonchev–Trinajstić information content (AvgIpc) is 3.18. The number of nitrogens with zero attached hydrogens (tertiary/aromatic N) is 1. The zero-order valence-corrected chi connectivity index (χ0v) is 19.3. The zero-order chi connectivity index (χ0) is 24.4. The van der Waals surface area contributed by atoms with Crippen molar-refractivity contribution in [2.75, 3.05) is 35.0 Å². The summed E-state index contributed by atoms with van der Waals surface area (Å²) in [5.74, 6) is 1.05. The molecule has 0 aliphatic carbocycles. The van der Waals surface area contributed by atoms with Crippen LogP contribution in [0.25, 0.3) is 0 Å². The molecule has 33 heavy (non-hydrogen) atoms. The number of alkyl halides is 3. The Labute approximate surface area is 190 Å². The average molecular weight is 491 g/mol. The number of hydroxylamine groups is 2. The molecule has 0 amide bonds. The molecule has 3 rings (SSSR count). The van der Waals surface area contributed by atoms with Gasteiger partial charge < -0.3 is 14.2 Å². The van der Waals surface area contributed by atoms with Gasteiger partial charge in [-0.2, -0.15) is 18.2 Å². The van der Waals surface area contributed by atoms with Crippen molar-refractivity contribution in [1.29, 1.82) is 0 Å². The maximum absolute atomic E-state index is 13.1. The van der Waals surface area contributed by atoms with Crippen LogP contribution in [0.15, 0.2) is 36.4 Å². The van der Waals surface area contributed by atoms with Crippen LogP contribution in [0, 0.1) is 0 Å². The predicted octanol–water partition coefficient (Wildman–Crippen LogP) is 3.14. The SMILES string of the molecule is COc1cc([C@@H]2[C@@H](S(=O)(=O)NCc3cccc(C(F)(F)F)c3)CON2C)cc(OC)c1OC. The van der Waals surface area contributed by atoms with Crippen molar-refractivity contribution in [2.45, 2.75) is 24.0 Å². The molecule has 12 heteroatoms. The third-order valence-corrected chi connectivity index (χ3v) is 7.08. The first kappa shape index (κ1) is 25.1. The van der Waals surface area contributed by atoms with E-state index in [0.29, 0.717) is 22.8 Å². The molecule has 2 aromatic carbocycles. The van der Waals surface area contributed by atoms with E-state index in [9.17, 15) is 21.6 Å². The molecule has 1 aliphatic heterocycles. The maximum atomic E-state index is 13.1. The Morgan fingerprint density at radius 2 is 1.73 bits per heavy atom. The van der Waals surface area contributed by atoms with Crippen molar-refractivity contribution in [3.05, 3.63) is 53.1 Å². The minimum absolute atomic E-state index is 0.143. The highest BCUT2D eigenvalue weighted by molar-refractivity contribution is 7.90. The Bertz CT molecular complexity index is 1070. The first-order valence-corrected chi connectivity index (χ1v) is 11.4. The van der Waals surface area contributed by atoms with Gasteiger partial charge in [-0.1, -0.05) is 18.2 Å². The molecule has 2 aromatic rings. The van der Waals surface area contributed by atoms with Crippen molar-refractivity contribution in [3.63, 3.8) is 0 Å². The van der Waals surface area contributed by atoms with Crippen LogP contribution in [-0.2, 0) is 27.6 Å². The number of hydrogen-bond donors (Lipinski definition) is 1. The third-order valence-electron chi connectivity index (χ3n) is 5.35. The van der Waals surface area contributed by atoms with Gasteiger partial charge in [-0.05, 0) is 29.3 Å². The van der Waals surface area contributed by atoms with Gasteiger partial charge in [-0.3, -0.25) is 4.84 Å². The van der Waals surface area contributed by atoms with Crippen molar-refractivity contribution >= 4 is 10.0 Å². The number of nitrogens with one attached hydrogen (secondary N) is 1. The minimum Gasteiger partial charge on any atom is -0.493 e. The van der Waals surface area contributed by atoms with Crippen LogP contribution in [0.5, 0.6) is 17.2 Å². The molecule has 0 aromatic heterocycles. The summed E-state index contributed by atoms with van der Waals surface area (Å²) in [7, 11) is 1.94. The lowest BCUT2D eigenvalue weighted by atomic mass is 10.0. The Hall–Kier alpha value is -2.54. The van der Waals surface area contributed by atoms with Crippen LogP contribution in [0.3, 0.4) is 0 Å². The summed E-state index contributed by atoms with van der Waals surface area (Å²) in [6.45, 7) is -0.440. The van der Waals surface area contributed by atoms with Gasteiger partial charge in [0.05, 0.1) is 39.5 Å². The largest absolute Gasteiger partial charge is 0.493 e. The van der Waals surface area contributed by atoms with Gasteiger partial charge in [0.1, 0.15) is 5.25 Å². The second-order valence-corrected chi connectivity index (χ2v) is 9.33. The van der Waals surface area contributed by atoms with Crippen LogP contribution in [0.4, 0.5) is 13.2 Å². The van der Waals surface area contributed by atoms with Gasteiger partial charge in [-0.25, -0.2) is 13.1 Å². The molecule has 1 N–H and O–H groups in total. The van der Waals surface area contributed by atoms with E-state index in [1.807, 2.05) is 0 Å². The first-order valence-electron chi connectivity index (χ1n) is 9.82. The molecule has 0 spiro atoms. The molecule has 1 fully saturated rings. The van der Waals surface area contributed by atoms with E-state index in [1.165, 1.54) is 38.5 Å². The number of ether oxygens (including phenoxy) is 3. The number of halogens is 3. The topological polar surface area (TPSA) is 86.3 Å². The van der Waals surface area contributed by atoms with Crippen molar-refractivity contribution in [2.24, 2.45) is 0 Å². The second-order valence-electron chi connectivity index (χ2n) is 7.35. The van der Waals surface area contributed by atoms with Gasteiger partial charge >= 0.3 is 6.18 Å². The highest BCUT2D eigenvalue weighted by atomic mass is 32.2. The predicted molar refractivity (Wildman–Crippen MR) is 114 cm³/mol. The Morgan fingerprint density at radius 3 is 2.27 bits per heavy atom. The second kappa shape index (κ2) is 9.75. The lowest BCUT2D eigenvalue weighted by molar-refractivity contribution is -0.137. The van der Waals surface area contributed by atoms with Crippen LogP contribution in [-0.4, -0.2) is 53.7 Å². The van der Waals surface area contributed by atoms with Crippen LogP contribution in [0.2, 0.25) is 0 Å². The van der Waals surface area contributed by atoms with E-state index in [-0.39, 0.29) is 18.7 Å². The summed E-state index contributed by atoms with van der Waals surface area (Å²) in [4.78, 5) is 5.49. The highest BCUT2D eigenvalue weighted by Crippen LogP contribution is 2.43. The number of sulfonamides is 1. The molecule has 1 saturated heterocycles. The molecule has 2 atom stereocenters. The summed E-state index contributed by atoms with van der Waals surface area (Å²) in [6, 6.07) is 7.02. The Kier molecular flexibility index (Phi) is 7.42. The standard InChI is InChI=1S/C21H25F3N2O6S/c1-26-19(14-9-16(29-2)20(31-4)17(10-14)30-3)18(12-32-26)33(27,28)25-11-13-6-5-7-15(8-13)21(22,23)24/h5-10,18-19,25H,11-12H2,1-4H3/t18-,19+/m0/s1. The lowest BCUT2D eigenvalue weighted by Gasteiger charge is -2.25. The van der Waals surface area contributed by atoms with Crippen molar-refractivity contribution < 1.29 is 40.6 Å². The molecular weight excluding hydrogens is 465 g/mol. The summed E-state index contributed by atoms with van der Waals surface area (Å²) >= 11 is 0. The quantitative estimate of drug-likeness (QED) is 0.609. The van der Waals surface area contributed by atoms with Gasteiger partial charge in [0.25, 0.3) is 0 Å². The fourth-order valence-corrected chi connectivity index (χ4v) is 5.19. The van der Waals surface area contributed by atoms with E-state index >= 15 is 0 Å². The number of rotatable bonds is 8. The summed E-state index contributed by atoms with van der Waals surface area (Å²) < 4.78 is 83.6. The molecule has 182 valence electrons. The number of hydrogen-bond acceptors (Lipinski definition) is 7. The first-order chi connectivity index (χ1) is 15.5. The normalized spacial score (nSPS) is 19.5. The molecule has 0 bridgehead atoms. The number of benzene rings is 2. The molecule has 0 unspecified atom stereocenters. The lowest BCUT2D eigenvalue weighted by Crippen LogP contribution is -2.39. The van der Waals surface area contributed by atoms with Crippen LogP contribution >= 0.6 is 0 Å². The number of methoxy groups -OCH3 is 3. The summed E-state index contributed by atoms with van der Waals surface area (Å²) in [5.41, 5.74) is -0.123. The van der Waals surface area contributed by atoms with Crippen LogP contribution < -0.4 is 18.9 Å². The summed E-state index contributed by atoms with van der Waals surface area (Å²) in [5, 5.41) is 0.366. The van der Waals surface area contributed by atoms with E-state index in [4.69, 9.17) is 19.0 Å². The van der Waals surface area contributed by atoms with Crippen molar-refractivity contribution in [1.82, 2.24) is 9.79 Å². The van der Waals surface area contributed by atoms with Gasteiger partial charge in [0.15, 0.2) is 11.5 Å². The monoisotopic (exact) mass is 490 g/mol. The van der Waals surface area contributed by atoms with Gasteiger partial charge in [-0.15, -0.1) is 0 Å². The third kappa shape index (κ3) is 5.35. The van der Waals surface area contributed by atoms with Gasteiger partial charge in [0, 0.05) is 13.6 Å². The van der Waals surface area contributed by atoms with E-state index in [0.717, 1.165) is 12.1 Å². The van der Waals surface area contributed by atoms with Crippen molar-refractivity contribution in [3.8, 4) is 17.2 Å². The van der Waals surface area contributed by atoms with Gasteiger partial charge in [0.2, 0.25) is 15.8 Å². The van der Waals surface area contributed by atoms with Crippen LogP contribution in [0.1, 0.15) is 22.7 Å². The van der Waals surface area contributed by atoms with E-state index in [1.54, 1.807) is 19.2 Å². The van der Waals surface area contributed by atoms with E-state index < -0.39 is 33.1 Å². The molecule has 8 nitrogen and oxygen atoms in total. The zero-order valence-electron chi connectivity index (χ0n) is 18.5. The molecule has 0 saturated carbocycles. The smallest absolute Gasteiger partial charge is 0.416 e. The minimum atomic E-state index is -4.52. The Balaban J connectivity index is 1.88. The maximum Gasteiger partial charge on any atom is 0.416 e. The molecule has 1 aliphatic rings. The molecule has 0 radical (unpaired) electrons. The van der Waals surface area contributed by atoms with E-state index in [2.05, 4.69) is 4.72 Å².